The number of methoxy groups -OCH3 is 1. The summed E-state index contributed by atoms with van der Waals surface area (Å²) in [6, 6.07) is 13.5. The van der Waals surface area contributed by atoms with Crippen LogP contribution in [0.3, 0.4) is 0 Å². The highest BCUT2D eigenvalue weighted by molar-refractivity contribution is 9.10. The molecule has 0 fully saturated rings. The second-order valence-corrected chi connectivity index (χ2v) is 7.75. The molecule has 2 aromatic carbocycles. The van der Waals surface area contributed by atoms with Crippen LogP contribution in [0.1, 0.15) is 11.1 Å². The minimum absolute atomic E-state index is 0.00871. The van der Waals surface area contributed by atoms with Gasteiger partial charge in [0.1, 0.15) is 6.54 Å². The lowest BCUT2D eigenvalue weighted by Crippen LogP contribution is -2.22. The van der Waals surface area contributed by atoms with Crippen LogP contribution in [0.25, 0.3) is 10.2 Å². The van der Waals surface area contributed by atoms with Crippen LogP contribution in [0, 0.1) is 6.92 Å². The van der Waals surface area contributed by atoms with Crippen molar-refractivity contribution < 1.29 is 14.3 Å². The zero-order valence-electron chi connectivity index (χ0n) is 14.4. The molecule has 1 amide bonds. The van der Waals surface area contributed by atoms with Gasteiger partial charge in [-0.05, 0) is 30.7 Å². The number of halogens is 1. The average molecular weight is 433 g/mol. The molecule has 0 N–H and O–H groups in total. The zero-order valence-corrected chi connectivity index (χ0v) is 16.8. The monoisotopic (exact) mass is 432 g/mol. The molecule has 26 heavy (non-hydrogen) atoms. The van der Waals surface area contributed by atoms with Crippen molar-refractivity contribution in [1.29, 1.82) is 0 Å². The molecule has 1 aromatic heterocycles. The number of hydrogen-bond acceptors (Lipinski definition) is 4. The Morgan fingerprint density at radius 1 is 1.19 bits per heavy atom. The summed E-state index contributed by atoms with van der Waals surface area (Å²) in [5.74, 6) is -0.641. The number of ether oxygens (including phenoxy) is 1. The fourth-order valence-electron chi connectivity index (χ4n) is 2.51. The van der Waals surface area contributed by atoms with Gasteiger partial charge in [-0.25, -0.2) is 0 Å². The molecule has 134 valence electrons. The van der Waals surface area contributed by atoms with E-state index in [1.54, 1.807) is 4.57 Å². The number of aromatic nitrogens is 1. The first-order valence-corrected chi connectivity index (χ1v) is 9.56. The molecular weight excluding hydrogens is 416 g/mol. The van der Waals surface area contributed by atoms with Crippen molar-refractivity contribution in [3.05, 3.63) is 62.9 Å². The summed E-state index contributed by atoms with van der Waals surface area (Å²) in [6.07, 6.45) is 0.219. The number of carbonyl (C=O) groups is 2. The number of thiazole rings is 1. The van der Waals surface area contributed by atoms with E-state index in [-0.39, 0.29) is 24.8 Å². The van der Waals surface area contributed by atoms with E-state index < -0.39 is 0 Å². The van der Waals surface area contributed by atoms with Gasteiger partial charge >= 0.3 is 5.97 Å². The quantitative estimate of drug-likeness (QED) is 0.591. The molecule has 0 aliphatic carbocycles. The van der Waals surface area contributed by atoms with Crippen molar-refractivity contribution in [3.8, 4) is 0 Å². The third kappa shape index (κ3) is 4.28. The summed E-state index contributed by atoms with van der Waals surface area (Å²) < 4.78 is 8.35. The number of nitrogens with zero attached hydrogens (tertiary/aromatic N) is 2. The molecule has 0 saturated carbocycles. The van der Waals surface area contributed by atoms with E-state index in [1.165, 1.54) is 18.4 Å². The lowest BCUT2D eigenvalue weighted by atomic mass is 10.1. The predicted molar refractivity (Wildman–Crippen MR) is 105 cm³/mol. The fourth-order valence-corrected chi connectivity index (χ4v) is 4.10. The van der Waals surface area contributed by atoms with Crippen LogP contribution in [-0.2, 0) is 27.3 Å². The maximum absolute atomic E-state index is 12.4. The van der Waals surface area contributed by atoms with Crippen LogP contribution in [0.5, 0.6) is 0 Å². The van der Waals surface area contributed by atoms with E-state index in [4.69, 9.17) is 4.74 Å². The maximum Gasteiger partial charge on any atom is 0.325 e. The first kappa shape index (κ1) is 18.5. The second kappa shape index (κ2) is 7.97. The lowest BCUT2D eigenvalue weighted by molar-refractivity contribution is -0.141. The molecule has 0 atom stereocenters. The zero-order chi connectivity index (χ0) is 18.7. The summed E-state index contributed by atoms with van der Waals surface area (Å²) in [5, 5.41) is 0. The number of carbonyl (C=O) groups excluding carboxylic acids is 2. The molecule has 0 bridgehead atoms. The van der Waals surface area contributed by atoms with E-state index in [0.29, 0.717) is 4.80 Å². The SMILES string of the molecule is COC(=O)Cn1c(=NC(=O)Cc2ccc(C)cc2)sc2cc(Br)ccc21. The van der Waals surface area contributed by atoms with Gasteiger partial charge in [-0.3, -0.25) is 9.59 Å². The highest BCUT2D eigenvalue weighted by Crippen LogP contribution is 2.22. The summed E-state index contributed by atoms with van der Waals surface area (Å²) in [5.41, 5.74) is 2.89. The molecule has 3 rings (SSSR count). The van der Waals surface area contributed by atoms with Gasteiger partial charge in [0, 0.05) is 4.47 Å². The van der Waals surface area contributed by atoms with Crippen LogP contribution in [0.15, 0.2) is 51.9 Å². The molecule has 0 saturated heterocycles. The van der Waals surface area contributed by atoms with Crippen LogP contribution >= 0.6 is 27.3 Å². The third-order valence-corrected chi connectivity index (χ3v) is 5.39. The van der Waals surface area contributed by atoms with Crippen LogP contribution in [0.4, 0.5) is 0 Å². The maximum atomic E-state index is 12.4. The van der Waals surface area contributed by atoms with Crippen molar-refractivity contribution in [1.82, 2.24) is 4.57 Å². The molecule has 0 aliphatic heterocycles. The van der Waals surface area contributed by atoms with Gasteiger partial charge in [0.15, 0.2) is 4.80 Å². The highest BCUT2D eigenvalue weighted by atomic mass is 79.9. The molecule has 7 heteroatoms. The number of hydrogen-bond donors (Lipinski definition) is 0. The molecule has 5 nitrogen and oxygen atoms in total. The number of benzene rings is 2. The van der Waals surface area contributed by atoms with Gasteiger partial charge in [0.25, 0.3) is 5.91 Å². The molecule has 1 heterocycles. The Morgan fingerprint density at radius 3 is 2.62 bits per heavy atom. The Morgan fingerprint density at radius 2 is 1.92 bits per heavy atom. The van der Waals surface area contributed by atoms with Crippen molar-refractivity contribution >= 4 is 49.4 Å². The van der Waals surface area contributed by atoms with Crippen molar-refractivity contribution in [2.75, 3.05) is 7.11 Å². The Labute approximate surface area is 163 Å². The second-order valence-electron chi connectivity index (χ2n) is 5.83. The fraction of sp³-hybridized carbons (Fsp3) is 0.211. The van der Waals surface area contributed by atoms with Crippen LogP contribution in [-0.4, -0.2) is 23.6 Å². The van der Waals surface area contributed by atoms with Gasteiger partial charge in [0.2, 0.25) is 0 Å². The predicted octanol–water partition coefficient (Wildman–Crippen LogP) is 3.62. The first-order valence-electron chi connectivity index (χ1n) is 7.95. The Hall–Kier alpha value is -2.25. The van der Waals surface area contributed by atoms with Crippen molar-refractivity contribution in [2.24, 2.45) is 4.99 Å². The largest absolute Gasteiger partial charge is 0.468 e. The summed E-state index contributed by atoms with van der Waals surface area (Å²) >= 11 is 4.81. The van der Waals surface area contributed by atoms with E-state index in [2.05, 4.69) is 20.9 Å². The minimum atomic E-state index is -0.389. The lowest BCUT2D eigenvalue weighted by Gasteiger charge is -2.03. The number of fused-ring (bicyclic) bond motifs is 1. The smallest absolute Gasteiger partial charge is 0.325 e. The Balaban J connectivity index is 2.00. The highest BCUT2D eigenvalue weighted by Gasteiger charge is 2.12. The molecule has 0 unspecified atom stereocenters. The molecule has 0 aliphatic rings. The summed E-state index contributed by atoms with van der Waals surface area (Å²) in [6.45, 7) is 2.01. The van der Waals surface area contributed by atoms with E-state index >= 15 is 0 Å². The number of amides is 1. The molecule has 3 aromatic rings. The number of aryl methyl sites for hydroxylation is 1. The number of esters is 1. The molecular formula is C19H17BrN2O3S. The van der Waals surface area contributed by atoms with E-state index in [1.807, 2.05) is 49.4 Å². The van der Waals surface area contributed by atoms with Crippen molar-refractivity contribution in [2.45, 2.75) is 19.9 Å². The van der Waals surface area contributed by atoms with Crippen LogP contribution < -0.4 is 4.80 Å². The van der Waals surface area contributed by atoms with Gasteiger partial charge in [-0.15, -0.1) is 0 Å². The normalized spacial score (nSPS) is 11.7. The van der Waals surface area contributed by atoms with Crippen LogP contribution in [0.2, 0.25) is 0 Å². The van der Waals surface area contributed by atoms with Gasteiger partial charge < -0.3 is 9.30 Å². The summed E-state index contributed by atoms with van der Waals surface area (Å²) in [7, 11) is 1.34. The topological polar surface area (TPSA) is 60.7 Å². The summed E-state index contributed by atoms with van der Waals surface area (Å²) in [4.78, 5) is 28.9. The van der Waals surface area contributed by atoms with E-state index in [9.17, 15) is 9.59 Å². The van der Waals surface area contributed by atoms with Gasteiger partial charge in [-0.1, -0.05) is 57.1 Å². The number of rotatable bonds is 4. The minimum Gasteiger partial charge on any atom is -0.468 e. The Bertz CT molecular complexity index is 1040. The molecule has 0 spiro atoms. The average Bonchev–Trinajstić information content (AvgIpc) is 2.93. The van der Waals surface area contributed by atoms with Gasteiger partial charge in [0.05, 0.1) is 23.7 Å². The van der Waals surface area contributed by atoms with Gasteiger partial charge in [-0.2, -0.15) is 4.99 Å². The molecule has 0 radical (unpaired) electrons. The first-order chi connectivity index (χ1) is 12.5. The Kier molecular flexibility index (Phi) is 5.68. The standard InChI is InChI=1S/C19H17BrN2O3S/c1-12-3-5-13(6-4-12)9-17(23)21-19-22(11-18(24)25-2)15-8-7-14(20)10-16(15)26-19/h3-8,10H,9,11H2,1-2H3. The third-order valence-electron chi connectivity index (χ3n) is 3.86. The van der Waals surface area contributed by atoms with E-state index in [0.717, 1.165) is 25.8 Å². The van der Waals surface area contributed by atoms with Crippen molar-refractivity contribution in [3.63, 3.8) is 0 Å².